The number of benzene rings is 2. The zero-order chi connectivity index (χ0) is 15.2. The highest BCUT2D eigenvalue weighted by atomic mass is 19.1. The van der Waals surface area contributed by atoms with E-state index in [9.17, 15) is 14.5 Å². The lowest BCUT2D eigenvalue weighted by Gasteiger charge is -2.13. The summed E-state index contributed by atoms with van der Waals surface area (Å²) in [7, 11) is 0. The monoisotopic (exact) mass is 288 g/mol. The number of hydrogen-bond donors (Lipinski definition) is 1. The van der Waals surface area contributed by atoms with Crippen LogP contribution in [0.3, 0.4) is 0 Å². The minimum absolute atomic E-state index is 0.0590. The summed E-state index contributed by atoms with van der Waals surface area (Å²) in [4.78, 5) is 10.4. The molecule has 0 saturated carbocycles. The third-order valence-corrected chi connectivity index (χ3v) is 3.37. The largest absolute Gasteiger partial charge is 0.312 e. The fraction of sp³-hybridized carbons (Fsp3) is 0.250. The summed E-state index contributed by atoms with van der Waals surface area (Å²) in [5.74, 6) is -0.188. The van der Waals surface area contributed by atoms with Crippen molar-refractivity contribution in [2.75, 3.05) is 6.54 Å². The van der Waals surface area contributed by atoms with Crippen molar-refractivity contribution in [3.8, 4) is 0 Å². The van der Waals surface area contributed by atoms with Crippen LogP contribution in [0.2, 0.25) is 0 Å². The van der Waals surface area contributed by atoms with E-state index < -0.39 is 10.7 Å². The summed E-state index contributed by atoms with van der Waals surface area (Å²) in [5, 5.41) is 14.1. The van der Waals surface area contributed by atoms with Crippen LogP contribution in [0.5, 0.6) is 0 Å². The fourth-order valence-corrected chi connectivity index (χ4v) is 2.20. The normalized spacial score (nSPS) is 12.1. The van der Waals surface area contributed by atoms with Crippen LogP contribution in [0, 0.1) is 15.9 Å². The third-order valence-electron chi connectivity index (χ3n) is 3.37. The quantitative estimate of drug-likeness (QED) is 0.652. The second-order valence-electron chi connectivity index (χ2n) is 4.97. The highest BCUT2D eigenvalue weighted by Gasteiger charge is 2.14. The van der Waals surface area contributed by atoms with Crippen LogP contribution in [-0.2, 0) is 6.54 Å². The van der Waals surface area contributed by atoms with Gasteiger partial charge in [0, 0.05) is 24.7 Å². The van der Waals surface area contributed by atoms with Gasteiger partial charge in [0.1, 0.15) is 5.82 Å². The van der Waals surface area contributed by atoms with Crippen molar-refractivity contribution in [1.82, 2.24) is 5.32 Å². The second kappa shape index (κ2) is 6.95. The predicted molar refractivity (Wildman–Crippen MR) is 79.6 cm³/mol. The molecule has 1 atom stereocenters. The number of rotatable bonds is 6. The van der Waals surface area contributed by atoms with Gasteiger partial charge in [0.2, 0.25) is 0 Å². The molecule has 5 heteroatoms. The van der Waals surface area contributed by atoms with E-state index in [1.807, 2.05) is 30.3 Å². The van der Waals surface area contributed by atoms with Crippen molar-refractivity contribution in [1.29, 1.82) is 0 Å². The number of nitro benzene ring substituents is 1. The van der Waals surface area contributed by atoms with Gasteiger partial charge in [0.15, 0.2) is 0 Å². The van der Waals surface area contributed by atoms with Gasteiger partial charge in [-0.25, -0.2) is 4.39 Å². The van der Waals surface area contributed by atoms with Gasteiger partial charge in [-0.15, -0.1) is 0 Å². The molecule has 2 rings (SSSR count). The highest BCUT2D eigenvalue weighted by molar-refractivity contribution is 5.40. The Kier molecular flexibility index (Phi) is 5.00. The van der Waals surface area contributed by atoms with Crippen molar-refractivity contribution >= 4 is 5.69 Å². The highest BCUT2D eigenvalue weighted by Crippen LogP contribution is 2.20. The Morgan fingerprint density at radius 2 is 1.95 bits per heavy atom. The minimum atomic E-state index is -0.489. The molecule has 4 nitrogen and oxygen atoms in total. The van der Waals surface area contributed by atoms with Gasteiger partial charge in [0.05, 0.1) is 4.92 Å². The Labute approximate surface area is 122 Å². The molecule has 0 radical (unpaired) electrons. The van der Waals surface area contributed by atoms with Crippen LogP contribution < -0.4 is 5.32 Å². The van der Waals surface area contributed by atoms with Crippen molar-refractivity contribution < 1.29 is 9.31 Å². The molecule has 21 heavy (non-hydrogen) atoms. The molecule has 0 saturated heterocycles. The maximum Gasteiger partial charge on any atom is 0.274 e. The van der Waals surface area contributed by atoms with E-state index in [2.05, 4.69) is 12.2 Å². The van der Waals surface area contributed by atoms with Crippen molar-refractivity contribution in [3.63, 3.8) is 0 Å². The first-order valence-electron chi connectivity index (χ1n) is 6.76. The standard InChI is InChI=1S/C16H17FN2O2/c1-12(13-5-3-2-4-6-13)10-18-11-14-9-15(17)7-8-16(14)19(20)21/h2-9,12,18H,10-11H2,1H3. The van der Waals surface area contributed by atoms with E-state index in [1.54, 1.807) is 0 Å². The van der Waals surface area contributed by atoms with Gasteiger partial charge < -0.3 is 5.32 Å². The van der Waals surface area contributed by atoms with Crippen LogP contribution in [0.1, 0.15) is 24.0 Å². The van der Waals surface area contributed by atoms with Crippen LogP contribution in [0.25, 0.3) is 0 Å². The summed E-state index contributed by atoms with van der Waals surface area (Å²) in [5.41, 5.74) is 1.50. The molecule has 110 valence electrons. The fourth-order valence-electron chi connectivity index (χ4n) is 2.20. The molecule has 2 aromatic carbocycles. The summed E-state index contributed by atoms with van der Waals surface area (Å²) < 4.78 is 13.2. The first-order chi connectivity index (χ1) is 10.1. The lowest BCUT2D eigenvalue weighted by Crippen LogP contribution is -2.20. The summed E-state index contributed by atoms with van der Waals surface area (Å²) in [6.45, 7) is 3.01. The van der Waals surface area contributed by atoms with Gasteiger partial charge in [-0.2, -0.15) is 0 Å². The molecule has 0 bridgehead atoms. The van der Waals surface area contributed by atoms with Gasteiger partial charge in [0.25, 0.3) is 5.69 Å². The van der Waals surface area contributed by atoms with Gasteiger partial charge in [-0.05, 0) is 23.6 Å². The molecule has 0 aromatic heterocycles. The van der Waals surface area contributed by atoms with Crippen molar-refractivity contribution in [3.05, 3.63) is 75.6 Å². The molecule has 0 heterocycles. The van der Waals surface area contributed by atoms with Crippen molar-refractivity contribution in [2.24, 2.45) is 0 Å². The Morgan fingerprint density at radius 1 is 1.24 bits per heavy atom. The molecule has 0 aliphatic carbocycles. The van der Waals surface area contributed by atoms with E-state index in [4.69, 9.17) is 0 Å². The topological polar surface area (TPSA) is 55.2 Å². The Balaban J connectivity index is 1.97. The minimum Gasteiger partial charge on any atom is -0.312 e. The molecule has 2 aromatic rings. The molecule has 1 unspecified atom stereocenters. The van der Waals surface area contributed by atoms with E-state index in [-0.39, 0.29) is 18.2 Å². The number of nitrogens with one attached hydrogen (secondary N) is 1. The van der Waals surface area contributed by atoms with Gasteiger partial charge >= 0.3 is 0 Å². The van der Waals surface area contributed by atoms with E-state index in [0.29, 0.717) is 12.1 Å². The summed E-state index contributed by atoms with van der Waals surface area (Å²) >= 11 is 0. The predicted octanol–water partition coefficient (Wildman–Crippen LogP) is 3.63. The third kappa shape index (κ3) is 4.10. The molecule has 0 spiro atoms. The number of nitrogens with zero attached hydrogens (tertiary/aromatic N) is 1. The second-order valence-corrected chi connectivity index (χ2v) is 4.97. The van der Waals surface area contributed by atoms with Crippen LogP contribution in [-0.4, -0.2) is 11.5 Å². The zero-order valence-electron chi connectivity index (χ0n) is 11.8. The smallest absolute Gasteiger partial charge is 0.274 e. The van der Waals surface area contributed by atoms with E-state index >= 15 is 0 Å². The Morgan fingerprint density at radius 3 is 2.62 bits per heavy atom. The van der Waals surface area contributed by atoms with Crippen molar-refractivity contribution in [2.45, 2.75) is 19.4 Å². The molecule has 0 amide bonds. The summed E-state index contributed by atoms with van der Waals surface area (Å²) in [6.07, 6.45) is 0. The molecule has 0 fully saturated rings. The number of hydrogen-bond acceptors (Lipinski definition) is 3. The first-order valence-corrected chi connectivity index (χ1v) is 6.76. The molecule has 1 N–H and O–H groups in total. The first kappa shape index (κ1) is 15.1. The van der Waals surface area contributed by atoms with Gasteiger partial charge in [-0.1, -0.05) is 37.3 Å². The molecular formula is C16H17FN2O2. The maximum absolute atomic E-state index is 13.2. The summed E-state index contributed by atoms with van der Waals surface area (Å²) in [6, 6.07) is 13.5. The van der Waals surface area contributed by atoms with E-state index in [0.717, 1.165) is 6.07 Å². The Bertz CT molecular complexity index is 617. The molecule has 0 aliphatic heterocycles. The number of halogens is 1. The lowest BCUT2D eigenvalue weighted by molar-refractivity contribution is -0.385. The van der Waals surface area contributed by atoms with Crippen LogP contribution in [0.15, 0.2) is 48.5 Å². The molecule has 0 aliphatic rings. The van der Waals surface area contributed by atoms with Gasteiger partial charge in [-0.3, -0.25) is 10.1 Å². The van der Waals surface area contributed by atoms with E-state index in [1.165, 1.54) is 17.7 Å². The lowest BCUT2D eigenvalue weighted by atomic mass is 10.0. The average molecular weight is 288 g/mol. The van der Waals surface area contributed by atoms with Crippen LogP contribution >= 0.6 is 0 Å². The Hall–Kier alpha value is -2.27. The SMILES string of the molecule is CC(CNCc1cc(F)ccc1[N+](=O)[O-])c1ccccc1. The molecular weight excluding hydrogens is 271 g/mol. The maximum atomic E-state index is 13.2. The zero-order valence-corrected chi connectivity index (χ0v) is 11.8. The average Bonchev–Trinajstić information content (AvgIpc) is 2.48. The number of nitro groups is 1. The van der Waals surface area contributed by atoms with Crippen LogP contribution in [0.4, 0.5) is 10.1 Å².